The van der Waals surface area contributed by atoms with Crippen LogP contribution in [0.15, 0.2) is 97.2 Å². The van der Waals surface area contributed by atoms with Gasteiger partial charge in [0.25, 0.3) is 7.82 Å². The summed E-state index contributed by atoms with van der Waals surface area (Å²) in [5.74, 6) is -0.813. The van der Waals surface area contributed by atoms with Gasteiger partial charge in [-0.15, -0.1) is 0 Å². The molecule has 0 aliphatic heterocycles. The molecule has 0 aromatic heterocycles. The number of rotatable bonds is 82. The van der Waals surface area contributed by atoms with E-state index in [-0.39, 0.29) is 32.0 Å². The van der Waals surface area contributed by atoms with Gasteiger partial charge in [0.05, 0.1) is 27.7 Å². The molecule has 594 valence electrons. The Morgan fingerprint density at radius 1 is 0.314 bits per heavy atom. The number of hydrogen-bond acceptors (Lipinski definition) is 8. The number of ether oxygens (including phenoxy) is 2. The van der Waals surface area contributed by atoms with Crippen molar-refractivity contribution in [1.29, 1.82) is 0 Å². The molecule has 0 saturated heterocycles. The van der Waals surface area contributed by atoms with Gasteiger partial charge in [0.15, 0.2) is 6.10 Å². The van der Waals surface area contributed by atoms with E-state index < -0.39 is 26.5 Å². The van der Waals surface area contributed by atoms with E-state index >= 15 is 0 Å². The third kappa shape index (κ3) is 85.9. The predicted molar refractivity (Wildman–Crippen MR) is 443 cm³/mol. The third-order valence-electron chi connectivity index (χ3n) is 19.6. The molecule has 102 heavy (non-hydrogen) atoms. The zero-order valence-corrected chi connectivity index (χ0v) is 69.0. The average Bonchev–Trinajstić information content (AvgIpc) is 0.913. The number of phosphoric ester groups is 1. The van der Waals surface area contributed by atoms with E-state index in [2.05, 4.69) is 111 Å². The molecule has 0 N–H and O–H groups in total. The summed E-state index contributed by atoms with van der Waals surface area (Å²) in [5, 5.41) is 0. The van der Waals surface area contributed by atoms with E-state index in [4.69, 9.17) is 18.5 Å². The molecule has 0 spiro atoms. The van der Waals surface area contributed by atoms with Crippen LogP contribution in [0.3, 0.4) is 0 Å². The highest BCUT2D eigenvalue weighted by molar-refractivity contribution is 7.45. The first-order chi connectivity index (χ1) is 50.0. The van der Waals surface area contributed by atoms with Crippen LogP contribution in [0, 0.1) is 0 Å². The van der Waals surface area contributed by atoms with Gasteiger partial charge in [0.1, 0.15) is 19.8 Å². The van der Waals surface area contributed by atoms with Crippen LogP contribution in [0.25, 0.3) is 0 Å². The lowest BCUT2D eigenvalue weighted by molar-refractivity contribution is -0.870. The summed E-state index contributed by atoms with van der Waals surface area (Å²) in [6.07, 6.45) is 116. The normalized spacial score (nSPS) is 13.4. The first-order valence-electron chi connectivity index (χ1n) is 43.9. The molecule has 9 nitrogen and oxygen atoms in total. The predicted octanol–water partition coefficient (Wildman–Crippen LogP) is 29.1. The Morgan fingerprint density at radius 3 is 0.833 bits per heavy atom. The molecule has 0 aromatic carbocycles. The zero-order chi connectivity index (χ0) is 74.0. The Kier molecular flexibility index (Phi) is 79.5. The molecule has 0 saturated carbocycles. The summed E-state index contributed by atoms with van der Waals surface area (Å²) in [6, 6.07) is 0. The van der Waals surface area contributed by atoms with Gasteiger partial charge in [0, 0.05) is 12.8 Å². The molecule has 0 bridgehead atoms. The van der Waals surface area contributed by atoms with Crippen LogP contribution in [-0.4, -0.2) is 70.0 Å². The molecule has 0 heterocycles. The van der Waals surface area contributed by atoms with Gasteiger partial charge >= 0.3 is 11.9 Å². The molecule has 0 amide bonds. The lowest BCUT2D eigenvalue weighted by atomic mass is 10.0. The highest BCUT2D eigenvalue weighted by Crippen LogP contribution is 2.38. The Balaban J connectivity index is 3.87. The van der Waals surface area contributed by atoms with Crippen molar-refractivity contribution >= 4 is 19.8 Å². The maximum Gasteiger partial charge on any atom is 0.306 e. The van der Waals surface area contributed by atoms with Crippen molar-refractivity contribution in [3.05, 3.63) is 97.2 Å². The average molecular weight is 1450 g/mol. The van der Waals surface area contributed by atoms with Crippen LogP contribution in [0.2, 0.25) is 0 Å². The van der Waals surface area contributed by atoms with Gasteiger partial charge < -0.3 is 27.9 Å². The summed E-state index contributed by atoms with van der Waals surface area (Å²) in [5.41, 5.74) is 0. The molecule has 0 aliphatic rings. The van der Waals surface area contributed by atoms with Gasteiger partial charge in [-0.1, -0.05) is 413 Å². The summed E-state index contributed by atoms with van der Waals surface area (Å²) in [4.78, 5) is 38.3. The van der Waals surface area contributed by atoms with Crippen LogP contribution in [0.4, 0.5) is 0 Å². The monoisotopic (exact) mass is 1450 g/mol. The standard InChI is InChI=1S/C92H168NO8P/c1-6-8-10-12-14-16-18-20-22-24-26-28-30-32-34-36-38-40-42-44-45-46-47-49-50-52-54-56-58-60-62-64-66-68-70-72-74-76-78-80-82-84-91(94)98-88-90(89-100-102(96,97)99-87-86-93(3,4)5)101-92(95)85-83-81-79-77-75-73-71-69-67-65-63-61-59-57-55-53-51-48-43-41-39-37-35-33-31-29-27-25-23-21-19-17-15-13-11-9-7-2/h9,11,15,17-18,20-21,23-24,26-27,29,33,35,39,41,90H,6-8,10,12-14,16,19,22,25,28,30-32,34,36-38,40,42-89H2,1-5H3/b11-9-,17-15-,20-18-,23-21-,26-24-,29-27-,35-33-,41-39-. The number of carbonyl (C=O) groups excluding carboxylic acids is 2. The number of unbranched alkanes of at least 4 members (excludes halogenated alkanes) is 52. The Bertz CT molecular complexity index is 2050. The van der Waals surface area contributed by atoms with E-state index in [0.29, 0.717) is 17.4 Å². The molecule has 0 aromatic rings. The fourth-order valence-corrected chi connectivity index (χ4v) is 13.7. The van der Waals surface area contributed by atoms with Gasteiger partial charge in [-0.25, -0.2) is 0 Å². The van der Waals surface area contributed by atoms with Crippen molar-refractivity contribution in [2.75, 3.05) is 47.5 Å². The molecular formula is C92H168NO8P. The summed E-state index contributed by atoms with van der Waals surface area (Å²) >= 11 is 0. The summed E-state index contributed by atoms with van der Waals surface area (Å²) in [7, 11) is 1.18. The second kappa shape index (κ2) is 82.0. The smallest absolute Gasteiger partial charge is 0.306 e. The summed E-state index contributed by atoms with van der Waals surface area (Å²) in [6.45, 7) is 4.18. The summed E-state index contributed by atoms with van der Waals surface area (Å²) < 4.78 is 34.5. The number of likely N-dealkylation sites (N-methyl/N-ethyl adjacent to an activating group) is 1. The number of nitrogens with zero attached hydrogens (tertiary/aromatic N) is 1. The van der Waals surface area contributed by atoms with Crippen molar-refractivity contribution in [3.8, 4) is 0 Å². The first-order valence-corrected chi connectivity index (χ1v) is 45.4. The van der Waals surface area contributed by atoms with Crippen LogP contribution in [0.1, 0.15) is 425 Å². The number of hydrogen-bond donors (Lipinski definition) is 0. The largest absolute Gasteiger partial charge is 0.756 e. The van der Waals surface area contributed by atoms with Crippen molar-refractivity contribution in [2.45, 2.75) is 431 Å². The minimum absolute atomic E-state index is 0.0302. The number of quaternary nitrogens is 1. The molecule has 10 heteroatoms. The van der Waals surface area contributed by atoms with Crippen molar-refractivity contribution < 1.29 is 42.1 Å². The number of esters is 2. The van der Waals surface area contributed by atoms with Crippen LogP contribution in [0.5, 0.6) is 0 Å². The van der Waals surface area contributed by atoms with E-state index in [0.717, 1.165) is 83.5 Å². The van der Waals surface area contributed by atoms with Crippen molar-refractivity contribution in [3.63, 3.8) is 0 Å². The maximum absolute atomic E-state index is 12.9. The SMILES string of the molecule is CC/C=C\C/C=C\C/C=C\C/C=C\C/C=C\C/C=C\CCCCCCCCCCCCCCCCCCCCC(=O)OC(COC(=O)CCCCCCCCCCCCCCCCCCCCCCCCCCCCCCC/C=C\C/C=C\CCCCCCC)COP(=O)([O-])OCC[N+](C)(C)C. The fraction of sp³-hybridized carbons (Fsp3) is 0.804. The Hall–Kier alpha value is -3.07. The minimum Gasteiger partial charge on any atom is -0.756 e. The maximum atomic E-state index is 12.9. The van der Waals surface area contributed by atoms with Crippen molar-refractivity contribution in [1.82, 2.24) is 0 Å². The van der Waals surface area contributed by atoms with Gasteiger partial charge in [-0.2, -0.15) is 0 Å². The highest BCUT2D eigenvalue weighted by Gasteiger charge is 2.22. The first kappa shape index (κ1) is 98.9. The number of carbonyl (C=O) groups is 2. The number of allylic oxidation sites excluding steroid dienone is 16. The van der Waals surface area contributed by atoms with E-state index in [9.17, 15) is 19.0 Å². The minimum atomic E-state index is -4.65. The second-order valence-electron chi connectivity index (χ2n) is 30.9. The lowest BCUT2D eigenvalue weighted by Crippen LogP contribution is -2.37. The highest BCUT2D eigenvalue weighted by atomic mass is 31.2. The van der Waals surface area contributed by atoms with E-state index in [1.165, 1.54) is 308 Å². The van der Waals surface area contributed by atoms with Gasteiger partial charge in [-0.05, 0) is 96.3 Å². The zero-order valence-electron chi connectivity index (χ0n) is 68.1. The fourth-order valence-electron chi connectivity index (χ4n) is 12.9. The quantitative estimate of drug-likeness (QED) is 0.0195. The van der Waals surface area contributed by atoms with Gasteiger partial charge in [-0.3, -0.25) is 14.2 Å². The molecule has 0 fully saturated rings. The molecule has 0 rings (SSSR count). The van der Waals surface area contributed by atoms with E-state index in [1.54, 1.807) is 0 Å². The Morgan fingerprint density at radius 2 is 0.559 bits per heavy atom. The number of phosphoric acid groups is 1. The third-order valence-corrected chi connectivity index (χ3v) is 20.6. The second-order valence-corrected chi connectivity index (χ2v) is 32.3. The topological polar surface area (TPSA) is 111 Å². The van der Waals surface area contributed by atoms with Crippen molar-refractivity contribution in [2.24, 2.45) is 0 Å². The molecule has 2 atom stereocenters. The molecule has 0 aliphatic carbocycles. The van der Waals surface area contributed by atoms with E-state index in [1.807, 2.05) is 21.1 Å². The Labute approximate surface area is 634 Å². The van der Waals surface area contributed by atoms with Crippen LogP contribution >= 0.6 is 7.82 Å². The van der Waals surface area contributed by atoms with Crippen LogP contribution < -0.4 is 4.89 Å². The molecular weight excluding hydrogens is 1280 g/mol. The molecule has 2 unspecified atom stereocenters. The lowest BCUT2D eigenvalue weighted by Gasteiger charge is -2.28. The van der Waals surface area contributed by atoms with Gasteiger partial charge in [0.2, 0.25) is 0 Å². The van der Waals surface area contributed by atoms with Crippen LogP contribution in [-0.2, 0) is 32.7 Å². The molecule has 0 radical (unpaired) electrons.